The molecule has 0 aliphatic heterocycles. The molecule has 0 saturated carbocycles. The standard InChI is InChI=1S/C16H20N2O2/c1-12(2)18-10-6-9-14(18)16(20)17-11-15(19)13-7-4-3-5-8-13/h3-10,12,15,19H,11H2,1-2H3,(H,17,20). The van der Waals surface area contributed by atoms with Crippen LogP contribution in [0, 0.1) is 0 Å². The fourth-order valence-corrected chi connectivity index (χ4v) is 2.11. The molecule has 0 aliphatic carbocycles. The van der Waals surface area contributed by atoms with Gasteiger partial charge in [0.05, 0.1) is 6.10 Å². The van der Waals surface area contributed by atoms with E-state index in [1.807, 2.05) is 61.0 Å². The molecule has 0 bridgehead atoms. The molecule has 20 heavy (non-hydrogen) atoms. The minimum atomic E-state index is -0.692. The lowest BCUT2D eigenvalue weighted by atomic mass is 10.1. The molecule has 2 rings (SSSR count). The Morgan fingerprint density at radius 3 is 2.55 bits per heavy atom. The molecule has 1 atom stereocenters. The zero-order valence-electron chi connectivity index (χ0n) is 11.8. The Kier molecular flexibility index (Phi) is 4.58. The summed E-state index contributed by atoms with van der Waals surface area (Å²) in [6.07, 6.45) is 1.19. The molecule has 4 heteroatoms. The smallest absolute Gasteiger partial charge is 0.268 e. The fourth-order valence-electron chi connectivity index (χ4n) is 2.11. The first-order valence-electron chi connectivity index (χ1n) is 6.77. The van der Waals surface area contributed by atoms with Gasteiger partial charge in [0.15, 0.2) is 0 Å². The monoisotopic (exact) mass is 272 g/mol. The Morgan fingerprint density at radius 2 is 1.90 bits per heavy atom. The van der Waals surface area contributed by atoms with Gasteiger partial charge in [0, 0.05) is 18.8 Å². The highest BCUT2D eigenvalue weighted by Crippen LogP contribution is 2.13. The topological polar surface area (TPSA) is 54.3 Å². The Hall–Kier alpha value is -2.07. The van der Waals surface area contributed by atoms with E-state index in [1.165, 1.54) is 0 Å². The zero-order valence-corrected chi connectivity index (χ0v) is 11.8. The SMILES string of the molecule is CC(C)n1cccc1C(=O)NCC(O)c1ccccc1. The van der Waals surface area contributed by atoms with Crippen molar-refractivity contribution in [3.8, 4) is 0 Å². The molecule has 1 aromatic heterocycles. The number of hydrogen-bond donors (Lipinski definition) is 2. The first-order chi connectivity index (χ1) is 9.59. The first kappa shape index (κ1) is 14.3. The number of nitrogens with one attached hydrogen (secondary N) is 1. The maximum Gasteiger partial charge on any atom is 0.268 e. The van der Waals surface area contributed by atoms with Crippen LogP contribution in [-0.2, 0) is 0 Å². The molecule has 1 heterocycles. The van der Waals surface area contributed by atoms with Crippen LogP contribution in [0.2, 0.25) is 0 Å². The third-order valence-corrected chi connectivity index (χ3v) is 3.21. The van der Waals surface area contributed by atoms with Crippen LogP contribution in [0.15, 0.2) is 48.7 Å². The summed E-state index contributed by atoms with van der Waals surface area (Å²) in [6.45, 7) is 4.25. The van der Waals surface area contributed by atoms with Gasteiger partial charge in [0.2, 0.25) is 0 Å². The molecule has 4 nitrogen and oxygen atoms in total. The van der Waals surface area contributed by atoms with Gasteiger partial charge in [-0.2, -0.15) is 0 Å². The highest BCUT2D eigenvalue weighted by Gasteiger charge is 2.14. The highest BCUT2D eigenvalue weighted by atomic mass is 16.3. The number of aliphatic hydroxyl groups excluding tert-OH is 1. The van der Waals surface area contributed by atoms with E-state index < -0.39 is 6.10 Å². The van der Waals surface area contributed by atoms with Crippen LogP contribution in [0.5, 0.6) is 0 Å². The van der Waals surface area contributed by atoms with Gasteiger partial charge in [0.25, 0.3) is 5.91 Å². The molecule has 0 aliphatic rings. The van der Waals surface area contributed by atoms with E-state index in [9.17, 15) is 9.90 Å². The molecule has 1 amide bonds. The van der Waals surface area contributed by atoms with Crippen molar-refractivity contribution in [2.45, 2.75) is 26.0 Å². The van der Waals surface area contributed by atoms with Crippen LogP contribution < -0.4 is 5.32 Å². The second-order valence-corrected chi connectivity index (χ2v) is 5.03. The number of amides is 1. The normalized spacial score (nSPS) is 12.4. The van der Waals surface area contributed by atoms with Gasteiger partial charge >= 0.3 is 0 Å². The fraction of sp³-hybridized carbons (Fsp3) is 0.312. The Balaban J connectivity index is 1.97. The minimum Gasteiger partial charge on any atom is -0.387 e. The number of carbonyl (C=O) groups is 1. The van der Waals surface area contributed by atoms with Crippen LogP contribution in [-0.4, -0.2) is 22.1 Å². The van der Waals surface area contributed by atoms with Gasteiger partial charge in [-0.1, -0.05) is 30.3 Å². The Labute approximate surface area is 119 Å². The number of rotatable bonds is 5. The molecular weight excluding hydrogens is 252 g/mol. The van der Waals surface area contributed by atoms with Crippen molar-refractivity contribution in [3.05, 3.63) is 59.9 Å². The van der Waals surface area contributed by atoms with E-state index in [1.54, 1.807) is 6.07 Å². The molecule has 1 aromatic carbocycles. The van der Waals surface area contributed by atoms with Crippen LogP contribution in [0.25, 0.3) is 0 Å². The summed E-state index contributed by atoms with van der Waals surface area (Å²) in [7, 11) is 0. The van der Waals surface area contributed by atoms with E-state index in [2.05, 4.69) is 5.32 Å². The zero-order chi connectivity index (χ0) is 14.5. The highest BCUT2D eigenvalue weighted by molar-refractivity contribution is 5.92. The van der Waals surface area contributed by atoms with Crippen molar-refractivity contribution in [2.24, 2.45) is 0 Å². The van der Waals surface area contributed by atoms with E-state index in [0.29, 0.717) is 5.69 Å². The van der Waals surface area contributed by atoms with Gasteiger partial charge in [0.1, 0.15) is 5.69 Å². The lowest BCUT2D eigenvalue weighted by molar-refractivity contribution is 0.0905. The number of aromatic nitrogens is 1. The largest absolute Gasteiger partial charge is 0.387 e. The van der Waals surface area contributed by atoms with Crippen LogP contribution in [0.3, 0.4) is 0 Å². The number of hydrogen-bond acceptors (Lipinski definition) is 2. The van der Waals surface area contributed by atoms with Gasteiger partial charge < -0.3 is 15.0 Å². The second-order valence-electron chi connectivity index (χ2n) is 5.03. The number of aliphatic hydroxyl groups is 1. The lowest BCUT2D eigenvalue weighted by Gasteiger charge is -2.15. The van der Waals surface area contributed by atoms with Crippen molar-refractivity contribution in [1.29, 1.82) is 0 Å². The molecular formula is C16H20N2O2. The molecule has 0 radical (unpaired) electrons. The summed E-state index contributed by atoms with van der Waals surface area (Å²) in [5, 5.41) is 12.8. The van der Waals surface area contributed by atoms with Crippen LogP contribution >= 0.6 is 0 Å². The molecule has 0 fully saturated rings. The molecule has 2 N–H and O–H groups in total. The molecule has 0 spiro atoms. The number of carbonyl (C=O) groups excluding carboxylic acids is 1. The summed E-state index contributed by atoms with van der Waals surface area (Å²) in [4.78, 5) is 12.1. The summed E-state index contributed by atoms with van der Waals surface area (Å²) in [5.74, 6) is -0.168. The average Bonchev–Trinajstić information content (AvgIpc) is 2.95. The van der Waals surface area contributed by atoms with Gasteiger partial charge in [-0.15, -0.1) is 0 Å². The summed E-state index contributed by atoms with van der Waals surface area (Å²) < 4.78 is 1.91. The molecule has 2 aromatic rings. The van der Waals surface area contributed by atoms with Gasteiger partial charge in [-0.05, 0) is 31.5 Å². The molecule has 1 unspecified atom stereocenters. The van der Waals surface area contributed by atoms with E-state index in [4.69, 9.17) is 0 Å². The summed E-state index contributed by atoms with van der Waals surface area (Å²) in [6, 6.07) is 13.2. The molecule has 0 saturated heterocycles. The minimum absolute atomic E-state index is 0.168. The Morgan fingerprint density at radius 1 is 1.20 bits per heavy atom. The van der Waals surface area contributed by atoms with E-state index in [-0.39, 0.29) is 18.5 Å². The molecule has 106 valence electrons. The first-order valence-corrected chi connectivity index (χ1v) is 6.77. The third-order valence-electron chi connectivity index (χ3n) is 3.21. The van der Waals surface area contributed by atoms with Crippen molar-refractivity contribution in [1.82, 2.24) is 9.88 Å². The summed E-state index contributed by atoms with van der Waals surface area (Å²) >= 11 is 0. The average molecular weight is 272 g/mol. The second kappa shape index (κ2) is 6.39. The van der Waals surface area contributed by atoms with Crippen molar-refractivity contribution >= 4 is 5.91 Å². The Bertz CT molecular complexity index is 561. The van der Waals surface area contributed by atoms with E-state index >= 15 is 0 Å². The van der Waals surface area contributed by atoms with Crippen molar-refractivity contribution < 1.29 is 9.90 Å². The predicted molar refractivity (Wildman–Crippen MR) is 78.6 cm³/mol. The van der Waals surface area contributed by atoms with Gasteiger partial charge in [-0.25, -0.2) is 0 Å². The number of nitrogens with zero attached hydrogens (tertiary/aromatic N) is 1. The summed E-state index contributed by atoms with van der Waals surface area (Å²) in [5.41, 5.74) is 1.41. The third kappa shape index (κ3) is 3.27. The van der Waals surface area contributed by atoms with Crippen molar-refractivity contribution in [3.63, 3.8) is 0 Å². The van der Waals surface area contributed by atoms with Crippen LogP contribution in [0.4, 0.5) is 0 Å². The van der Waals surface area contributed by atoms with Crippen molar-refractivity contribution in [2.75, 3.05) is 6.54 Å². The van der Waals surface area contributed by atoms with Gasteiger partial charge in [-0.3, -0.25) is 4.79 Å². The lowest BCUT2D eigenvalue weighted by Crippen LogP contribution is -2.30. The van der Waals surface area contributed by atoms with E-state index in [0.717, 1.165) is 5.56 Å². The maximum absolute atomic E-state index is 12.1. The quantitative estimate of drug-likeness (QED) is 0.878. The maximum atomic E-state index is 12.1. The van der Waals surface area contributed by atoms with Crippen LogP contribution in [0.1, 0.15) is 42.0 Å². The predicted octanol–water partition coefficient (Wildman–Crippen LogP) is 2.53. The number of benzene rings is 1.